The summed E-state index contributed by atoms with van der Waals surface area (Å²) in [7, 11) is -3.13. The summed E-state index contributed by atoms with van der Waals surface area (Å²) in [5.41, 5.74) is 4.60. The van der Waals surface area contributed by atoms with Crippen LogP contribution in [0.2, 0.25) is 5.02 Å². The van der Waals surface area contributed by atoms with Gasteiger partial charge in [-0.15, -0.1) is 0 Å². The summed E-state index contributed by atoms with van der Waals surface area (Å²) >= 11 is 5.86. The summed E-state index contributed by atoms with van der Waals surface area (Å²) in [6.07, 6.45) is 1.69. The molecule has 21 heavy (non-hydrogen) atoms. The van der Waals surface area contributed by atoms with Gasteiger partial charge < -0.3 is 9.05 Å². The Morgan fingerprint density at radius 2 is 1.86 bits per heavy atom. The molecule has 0 radical (unpaired) electrons. The molecule has 1 aromatic rings. The highest BCUT2D eigenvalue weighted by molar-refractivity contribution is 7.53. The maximum atomic E-state index is 12.5. The van der Waals surface area contributed by atoms with Gasteiger partial charge in [-0.1, -0.05) is 23.7 Å². The lowest BCUT2D eigenvalue weighted by molar-refractivity contribution is 0.0593. The van der Waals surface area contributed by atoms with Gasteiger partial charge in [-0.05, 0) is 37.6 Å². The average molecular weight is 332 g/mol. The van der Waals surface area contributed by atoms with Crippen molar-refractivity contribution in [2.24, 2.45) is 0 Å². The van der Waals surface area contributed by atoms with Crippen LogP contribution < -0.4 is 5.48 Å². The first kappa shape index (κ1) is 16.5. The van der Waals surface area contributed by atoms with Gasteiger partial charge in [0.05, 0.1) is 25.1 Å². The summed E-state index contributed by atoms with van der Waals surface area (Å²) < 4.78 is 23.0. The molecule has 1 aromatic carbocycles. The van der Waals surface area contributed by atoms with Crippen LogP contribution in [0.3, 0.4) is 0 Å². The molecule has 0 saturated carbocycles. The molecule has 5 nitrogen and oxygen atoms in total. The highest BCUT2D eigenvalue weighted by Gasteiger charge is 2.31. The molecule has 0 aliphatic carbocycles. The van der Waals surface area contributed by atoms with E-state index >= 15 is 0 Å². The molecule has 0 bridgehead atoms. The highest BCUT2D eigenvalue weighted by atomic mass is 35.5. The van der Waals surface area contributed by atoms with Crippen molar-refractivity contribution in [3.05, 3.63) is 40.9 Å². The normalized spacial score (nSPS) is 18.4. The number of rotatable bonds is 7. The van der Waals surface area contributed by atoms with Crippen molar-refractivity contribution in [2.45, 2.75) is 20.0 Å². The lowest BCUT2D eigenvalue weighted by Gasteiger charge is -2.18. The number of hydrogen-bond donors (Lipinski definition) is 1. The molecule has 1 unspecified atom stereocenters. The Kier molecular flexibility index (Phi) is 5.85. The van der Waals surface area contributed by atoms with E-state index in [0.717, 1.165) is 11.3 Å². The molecule has 7 heteroatoms. The van der Waals surface area contributed by atoms with Crippen LogP contribution in [0.15, 0.2) is 30.3 Å². The van der Waals surface area contributed by atoms with E-state index < -0.39 is 7.60 Å². The number of halogens is 1. The van der Waals surface area contributed by atoms with Gasteiger partial charge in [-0.2, -0.15) is 0 Å². The standard InChI is InChI=1S/C14H19ClNO4P/c1-3-18-21(17,19-4-2)10-13-9-14(16-20-13)11-5-7-12(15)8-6-11/h5-9,13,16H,3-4,10H2,1-2H3. The Balaban J connectivity index is 2.06. The Morgan fingerprint density at radius 1 is 1.24 bits per heavy atom. The van der Waals surface area contributed by atoms with Crippen molar-refractivity contribution in [2.75, 3.05) is 19.4 Å². The summed E-state index contributed by atoms with van der Waals surface area (Å²) in [6, 6.07) is 7.38. The minimum atomic E-state index is -3.13. The van der Waals surface area contributed by atoms with Gasteiger partial charge in [-0.25, -0.2) is 0 Å². The van der Waals surface area contributed by atoms with Crippen molar-refractivity contribution in [1.82, 2.24) is 5.48 Å². The summed E-state index contributed by atoms with van der Waals surface area (Å²) in [6.45, 7) is 4.25. The molecule has 0 saturated heterocycles. The lowest BCUT2D eigenvalue weighted by Crippen LogP contribution is -2.17. The monoisotopic (exact) mass is 331 g/mol. The summed E-state index contributed by atoms with van der Waals surface area (Å²) in [5.74, 6) is 0. The topological polar surface area (TPSA) is 56.8 Å². The maximum Gasteiger partial charge on any atom is 0.333 e. The van der Waals surface area contributed by atoms with Gasteiger partial charge in [0.2, 0.25) is 0 Å². The second kappa shape index (κ2) is 7.43. The van der Waals surface area contributed by atoms with E-state index in [-0.39, 0.29) is 12.3 Å². The molecule has 1 aliphatic rings. The third-order valence-electron chi connectivity index (χ3n) is 2.88. The van der Waals surface area contributed by atoms with E-state index in [9.17, 15) is 4.57 Å². The Bertz CT molecular complexity index is 536. The minimum Gasteiger partial charge on any atom is -0.309 e. The van der Waals surface area contributed by atoms with Gasteiger partial charge in [-0.3, -0.25) is 14.9 Å². The third-order valence-corrected chi connectivity index (χ3v) is 5.25. The van der Waals surface area contributed by atoms with Gasteiger partial charge in [0, 0.05) is 5.02 Å². The number of hydrogen-bond acceptors (Lipinski definition) is 5. The quantitative estimate of drug-likeness (QED) is 0.769. The van der Waals surface area contributed by atoms with E-state index in [4.69, 9.17) is 25.5 Å². The zero-order valence-electron chi connectivity index (χ0n) is 12.0. The van der Waals surface area contributed by atoms with Crippen molar-refractivity contribution >= 4 is 24.9 Å². The molecular weight excluding hydrogens is 313 g/mol. The second-order valence-electron chi connectivity index (χ2n) is 4.47. The average Bonchev–Trinajstić information content (AvgIpc) is 2.88. The van der Waals surface area contributed by atoms with Gasteiger partial charge in [0.15, 0.2) is 0 Å². The largest absolute Gasteiger partial charge is 0.333 e. The fourth-order valence-corrected chi connectivity index (χ4v) is 3.84. The van der Waals surface area contributed by atoms with Crippen molar-refractivity contribution in [3.8, 4) is 0 Å². The molecule has 0 spiro atoms. The Morgan fingerprint density at radius 3 is 2.43 bits per heavy atom. The first-order chi connectivity index (χ1) is 10.1. The number of benzene rings is 1. The van der Waals surface area contributed by atoms with Crippen LogP contribution >= 0.6 is 19.2 Å². The zero-order chi connectivity index (χ0) is 15.3. The van der Waals surface area contributed by atoms with Crippen LogP contribution in [-0.4, -0.2) is 25.5 Å². The van der Waals surface area contributed by atoms with Crippen LogP contribution in [0.1, 0.15) is 19.4 Å². The van der Waals surface area contributed by atoms with E-state index in [2.05, 4.69) is 5.48 Å². The predicted molar refractivity (Wildman–Crippen MR) is 83.2 cm³/mol. The number of nitrogens with one attached hydrogen (secondary N) is 1. The molecule has 1 aliphatic heterocycles. The second-order valence-corrected chi connectivity index (χ2v) is 7.01. The molecule has 2 rings (SSSR count). The van der Waals surface area contributed by atoms with Crippen LogP contribution in [0.25, 0.3) is 5.70 Å². The van der Waals surface area contributed by atoms with E-state index in [1.54, 1.807) is 26.0 Å². The Hall–Kier alpha value is -0.840. The number of hydroxylamine groups is 1. The van der Waals surface area contributed by atoms with Crippen LogP contribution in [0.4, 0.5) is 0 Å². The predicted octanol–water partition coefficient (Wildman–Crippen LogP) is 3.85. The first-order valence-corrected chi connectivity index (χ1v) is 8.94. The highest BCUT2D eigenvalue weighted by Crippen LogP contribution is 2.49. The summed E-state index contributed by atoms with van der Waals surface area (Å²) in [5, 5.41) is 0.673. The van der Waals surface area contributed by atoms with E-state index in [1.165, 1.54) is 0 Å². The van der Waals surface area contributed by atoms with E-state index in [0.29, 0.717) is 18.2 Å². The molecule has 0 aromatic heterocycles. The van der Waals surface area contributed by atoms with Gasteiger partial charge >= 0.3 is 7.60 Å². The SMILES string of the molecule is CCOP(=O)(CC1C=C(c2ccc(Cl)cc2)NO1)OCC. The molecule has 116 valence electrons. The molecule has 1 heterocycles. The van der Waals surface area contributed by atoms with Crippen LogP contribution in [0.5, 0.6) is 0 Å². The Labute approximate surface area is 129 Å². The third kappa shape index (κ3) is 4.56. The van der Waals surface area contributed by atoms with E-state index in [1.807, 2.05) is 18.2 Å². The molecule has 1 atom stereocenters. The maximum absolute atomic E-state index is 12.5. The summed E-state index contributed by atoms with van der Waals surface area (Å²) in [4.78, 5) is 5.43. The van der Waals surface area contributed by atoms with Gasteiger partial charge in [0.25, 0.3) is 0 Å². The van der Waals surface area contributed by atoms with Crippen LogP contribution in [-0.2, 0) is 18.5 Å². The lowest BCUT2D eigenvalue weighted by atomic mass is 10.1. The molecule has 0 amide bonds. The van der Waals surface area contributed by atoms with Crippen molar-refractivity contribution < 1.29 is 18.5 Å². The molecular formula is C14H19ClNO4P. The fraction of sp³-hybridized carbons (Fsp3) is 0.429. The zero-order valence-corrected chi connectivity index (χ0v) is 13.7. The molecule has 1 N–H and O–H groups in total. The van der Waals surface area contributed by atoms with Gasteiger partial charge in [0.1, 0.15) is 6.10 Å². The van der Waals surface area contributed by atoms with Crippen molar-refractivity contribution in [1.29, 1.82) is 0 Å². The smallest absolute Gasteiger partial charge is 0.309 e. The minimum absolute atomic E-state index is 0.179. The van der Waals surface area contributed by atoms with Crippen molar-refractivity contribution in [3.63, 3.8) is 0 Å². The fourth-order valence-electron chi connectivity index (χ4n) is 2.02. The van der Waals surface area contributed by atoms with Crippen LogP contribution in [0, 0.1) is 0 Å². The molecule has 0 fully saturated rings. The first-order valence-electron chi connectivity index (χ1n) is 6.84.